The minimum Gasteiger partial charge on any atom is -0.496 e. The average molecular weight is 563 g/mol. The zero-order valence-corrected chi connectivity index (χ0v) is 25.3. The molecule has 4 N–H and O–H groups in total. The van der Waals surface area contributed by atoms with E-state index in [1.54, 1.807) is 20.2 Å². The van der Waals surface area contributed by atoms with Crippen molar-refractivity contribution in [2.45, 2.75) is 71.7 Å². The molecule has 3 saturated carbocycles. The lowest BCUT2D eigenvalue weighted by atomic mass is 9.45. The van der Waals surface area contributed by atoms with E-state index in [4.69, 9.17) is 15.3 Å². The number of carbonyl (C=O) groups excluding carboxylic acids is 2. The molecular weight excluding hydrogens is 516 g/mol. The fraction of sp³-hybridized carbons (Fsp3) is 0.576. The van der Waals surface area contributed by atoms with Crippen LogP contribution in [-0.4, -0.2) is 55.8 Å². The lowest BCUT2D eigenvalue weighted by Crippen LogP contribution is -2.62. The molecule has 8 nitrogen and oxygen atoms in total. The van der Waals surface area contributed by atoms with Gasteiger partial charge >= 0.3 is 0 Å². The lowest BCUT2D eigenvalue weighted by molar-refractivity contribution is -0.175. The van der Waals surface area contributed by atoms with Crippen molar-refractivity contribution >= 4 is 11.8 Å². The number of nitrogens with one attached hydrogen (secondary N) is 2. The number of methoxy groups -OCH3 is 1. The zero-order valence-electron chi connectivity index (χ0n) is 25.3. The minimum atomic E-state index is -0.447. The van der Waals surface area contributed by atoms with Crippen LogP contribution in [0.5, 0.6) is 5.75 Å². The number of rotatable bonds is 9. The predicted molar refractivity (Wildman–Crippen MR) is 160 cm³/mol. The summed E-state index contributed by atoms with van der Waals surface area (Å²) in [6.45, 7) is 9.87. The summed E-state index contributed by atoms with van der Waals surface area (Å²) in [6, 6.07) is 13.2. The molecule has 2 aromatic carbocycles. The predicted octanol–water partition coefficient (Wildman–Crippen LogP) is 4.38. The highest BCUT2D eigenvalue weighted by atomic mass is 16.7. The van der Waals surface area contributed by atoms with Crippen LogP contribution in [0.15, 0.2) is 42.5 Å². The molecule has 41 heavy (non-hydrogen) atoms. The molecule has 8 heteroatoms. The smallest absolute Gasteiger partial charge is 0.251 e. The van der Waals surface area contributed by atoms with Gasteiger partial charge in [0.15, 0.2) is 0 Å². The van der Waals surface area contributed by atoms with E-state index in [1.165, 1.54) is 6.42 Å². The Morgan fingerprint density at radius 1 is 1.17 bits per heavy atom. The molecule has 1 aliphatic heterocycles. The Balaban J connectivity index is 1.41. The molecule has 4 fully saturated rings. The van der Waals surface area contributed by atoms with E-state index in [0.29, 0.717) is 47.6 Å². The van der Waals surface area contributed by atoms with Gasteiger partial charge in [-0.25, -0.2) is 0 Å². The van der Waals surface area contributed by atoms with E-state index in [9.17, 15) is 9.59 Å². The van der Waals surface area contributed by atoms with Gasteiger partial charge in [0.2, 0.25) is 5.91 Å². The molecule has 0 radical (unpaired) electrons. The summed E-state index contributed by atoms with van der Waals surface area (Å²) in [4.78, 5) is 32.7. The number of hydrogen-bond donors (Lipinski definition) is 3. The number of nitrogens with two attached hydrogens (primary N) is 1. The third kappa shape index (κ3) is 5.26. The topological polar surface area (TPSA) is 106 Å². The Morgan fingerprint density at radius 3 is 2.56 bits per heavy atom. The van der Waals surface area contributed by atoms with Gasteiger partial charge in [-0.1, -0.05) is 58.0 Å². The fourth-order valence-electron chi connectivity index (χ4n) is 7.83. The Bertz CT molecular complexity index is 1280. The molecule has 2 bridgehead atoms. The number of ether oxygens (including phenoxy) is 1. The molecule has 4 aliphatic rings. The van der Waals surface area contributed by atoms with Crippen LogP contribution in [0.4, 0.5) is 0 Å². The van der Waals surface area contributed by atoms with Gasteiger partial charge in [-0.15, -0.1) is 0 Å². The first-order valence-corrected chi connectivity index (χ1v) is 15.1. The molecule has 2 aromatic rings. The Labute approximate surface area is 244 Å². The molecule has 1 heterocycles. The lowest BCUT2D eigenvalue weighted by Gasteiger charge is -2.62. The molecule has 0 aromatic heterocycles. The second-order valence-electron chi connectivity index (χ2n) is 12.7. The van der Waals surface area contributed by atoms with Gasteiger partial charge in [0.05, 0.1) is 19.8 Å². The second-order valence-corrected chi connectivity index (χ2v) is 12.7. The van der Waals surface area contributed by atoms with Crippen molar-refractivity contribution in [1.29, 1.82) is 0 Å². The second kappa shape index (κ2) is 11.7. The van der Waals surface area contributed by atoms with Crippen LogP contribution < -0.4 is 21.1 Å². The van der Waals surface area contributed by atoms with E-state index in [1.807, 2.05) is 41.5 Å². The van der Waals surface area contributed by atoms with E-state index in [0.717, 1.165) is 29.5 Å². The number of carbonyl (C=O) groups is 2. The number of fused-ring (bicyclic) bond motifs is 2. The van der Waals surface area contributed by atoms with Crippen LogP contribution in [0.3, 0.4) is 0 Å². The summed E-state index contributed by atoms with van der Waals surface area (Å²) in [5, 5.41) is 7.95. The summed E-state index contributed by atoms with van der Waals surface area (Å²) in [5.41, 5.74) is 9.73. The van der Waals surface area contributed by atoms with Crippen LogP contribution in [-0.2, 0) is 16.2 Å². The first kappa shape index (κ1) is 29.5. The summed E-state index contributed by atoms with van der Waals surface area (Å²) < 4.78 is 5.93. The van der Waals surface area contributed by atoms with Crippen molar-refractivity contribution < 1.29 is 19.2 Å². The monoisotopic (exact) mass is 562 g/mol. The maximum atomic E-state index is 14.0. The van der Waals surface area contributed by atoms with E-state index in [2.05, 4.69) is 38.3 Å². The number of nitrogens with zero attached hydrogens (tertiary/aromatic N) is 1. The highest BCUT2D eigenvalue weighted by Crippen LogP contribution is 2.61. The fourth-order valence-corrected chi connectivity index (χ4v) is 7.83. The molecule has 0 unspecified atom stereocenters. The standard InChI is InChI=1S/C33H46N4O4/c1-7-24-28(17-34)41-37(29(24)32(39)36-27-16-23-15-26(19(27)2)33(23,3)4)18-22-12-9-13-25(30(22)40-6)20-10-8-11-21(14-20)31(38)35-5/h8-14,19,23-24,26-29H,7,15-18,34H2,1-6H3,(H,35,38)(H,36,39)/t19-,23+,24-,26-,27-,28-,29-/m0/s1. The van der Waals surface area contributed by atoms with Crippen LogP contribution in [0.1, 0.15) is 62.9 Å². The van der Waals surface area contributed by atoms with Crippen molar-refractivity contribution in [1.82, 2.24) is 15.7 Å². The Kier molecular flexibility index (Phi) is 8.46. The van der Waals surface area contributed by atoms with Crippen molar-refractivity contribution in [2.75, 3.05) is 20.7 Å². The van der Waals surface area contributed by atoms with E-state index in [-0.39, 0.29) is 29.9 Å². The van der Waals surface area contributed by atoms with Crippen LogP contribution in [0.25, 0.3) is 11.1 Å². The Morgan fingerprint density at radius 2 is 1.93 bits per heavy atom. The molecule has 6 rings (SSSR count). The summed E-state index contributed by atoms with van der Waals surface area (Å²) >= 11 is 0. The van der Waals surface area contributed by atoms with Crippen LogP contribution >= 0.6 is 0 Å². The summed E-state index contributed by atoms with van der Waals surface area (Å²) in [5.74, 6) is 2.32. The molecule has 2 amide bonds. The van der Waals surface area contributed by atoms with E-state index >= 15 is 0 Å². The van der Waals surface area contributed by atoms with Crippen molar-refractivity contribution in [2.24, 2.45) is 34.8 Å². The molecule has 1 saturated heterocycles. The van der Waals surface area contributed by atoms with Crippen LogP contribution in [0, 0.1) is 29.1 Å². The third-order valence-corrected chi connectivity index (χ3v) is 10.4. The van der Waals surface area contributed by atoms with Gasteiger partial charge < -0.3 is 21.1 Å². The molecule has 222 valence electrons. The third-order valence-electron chi connectivity index (χ3n) is 10.4. The van der Waals surface area contributed by atoms with Crippen molar-refractivity contribution in [3.63, 3.8) is 0 Å². The van der Waals surface area contributed by atoms with Crippen molar-refractivity contribution in [3.8, 4) is 16.9 Å². The van der Waals surface area contributed by atoms with Gasteiger partial charge in [0, 0.05) is 42.2 Å². The van der Waals surface area contributed by atoms with Gasteiger partial charge in [-0.3, -0.25) is 14.4 Å². The highest BCUT2D eigenvalue weighted by Gasteiger charge is 2.57. The number of hydrogen-bond acceptors (Lipinski definition) is 6. The number of hydroxylamine groups is 2. The number of benzene rings is 2. The largest absolute Gasteiger partial charge is 0.496 e. The summed E-state index contributed by atoms with van der Waals surface area (Å²) in [7, 11) is 3.27. The maximum Gasteiger partial charge on any atom is 0.251 e. The molecule has 0 spiro atoms. The number of para-hydroxylation sites is 1. The van der Waals surface area contributed by atoms with Gasteiger partial charge in [0.25, 0.3) is 5.91 Å². The molecule has 7 atom stereocenters. The minimum absolute atomic E-state index is 0.0108. The van der Waals surface area contributed by atoms with Gasteiger partial charge in [-0.2, -0.15) is 5.06 Å². The average Bonchev–Trinajstić information content (AvgIpc) is 3.34. The Hall–Kier alpha value is -2.94. The SMILES string of the molecule is CC[C@H]1[C@H](CN)ON(Cc2cccc(-c3cccc(C(=O)NC)c3)c2OC)[C@@H]1C(=O)N[C@H]1C[C@H]2C[C@@H]([C@@H]1C)C2(C)C. The van der Waals surface area contributed by atoms with Crippen molar-refractivity contribution in [3.05, 3.63) is 53.6 Å². The maximum absolute atomic E-state index is 14.0. The van der Waals surface area contributed by atoms with Gasteiger partial charge in [-0.05, 0) is 60.1 Å². The molecule has 3 aliphatic carbocycles. The van der Waals surface area contributed by atoms with Crippen LogP contribution in [0.2, 0.25) is 0 Å². The first-order chi connectivity index (χ1) is 19.6. The summed E-state index contributed by atoms with van der Waals surface area (Å²) in [6.07, 6.45) is 2.86. The number of amides is 2. The first-order valence-electron chi connectivity index (χ1n) is 15.1. The highest BCUT2D eigenvalue weighted by molar-refractivity contribution is 5.95. The molecular formula is C33H46N4O4. The zero-order chi connectivity index (χ0) is 29.5. The normalized spacial score (nSPS) is 30.4. The quantitative estimate of drug-likeness (QED) is 0.419. The van der Waals surface area contributed by atoms with E-state index < -0.39 is 6.04 Å². The van der Waals surface area contributed by atoms with Gasteiger partial charge in [0.1, 0.15) is 11.8 Å².